The normalized spacial score (nSPS) is 11.8. The summed E-state index contributed by atoms with van der Waals surface area (Å²) in [5.41, 5.74) is 2.69. The van der Waals surface area contributed by atoms with Gasteiger partial charge in [0.05, 0.1) is 5.52 Å². The number of aryl methyl sites for hydroxylation is 1. The largest absolute Gasteiger partial charge is 0.307 e. The molecule has 0 N–H and O–H groups in total. The fourth-order valence-corrected chi connectivity index (χ4v) is 6.82. The fraction of sp³-hybridized carbons (Fsp3) is 0.0385. The molecule has 0 saturated carbocycles. The first kappa shape index (κ1) is 17.8. The first-order valence-electron chi connectivity index (χ1n) is 9.69. The van der Waals surface area contributed by atoms with Crippen molar-refractivity contribution in [2.24, 2.45) is 0 Å². The van der Waals surface area contributed by atoms with E-state index in [2.05, 4.69) is 25.1 Å². The Hall–Kier alpha value is -3.22. The lowest BCUT2D eigenvalue weighted by atomic mass is 10.0. The van der Waals surface area contributed by atoms with E-state index in [9.17, 15) is 4.57 Å². The Morgan fingerprint density at radius 2 is 1.17 bits per heavy atom. The Bertz CT molecular complexity index is 1330. The van der Waals surface area contributed by atoms with E-state index in [4.69, 9.17) is 4.98 Å². The second kappa shape index (κ2) is 6.99. The average molecular weight is 393 g/mol. The van der Waals surface area contributed by atoms with E-state index in [0.717, 1.165) is 37.8 Å². The molecule has 5 rings (SSSR count). The Morgan fingerprint density at radius 1 is 0.621 bits per heavy atom. The minimum absolute atomic E-state index is 0.660. The minimum atomic E-state index is -3.16. The van der Waals surface area contributed by atoms with Crippen molar-refractivity contribution in [1.82, 2.24) is 4.98 Å². The number of hydrogen-bond donors (Lipinski definition) is 0. The minimum Gasteiger partial charge on any atom is -0.307 e. The average Bonchev–Trinajstić information content (AvgIpc) is 2.79. The highest BCUT2D eigenvalue weighted by atomic mass is 31.2. The van der Waals surface area contributed by atoms with E-state index in [1.165, 1.54) is 0 Å². The van der Waals surface area contributed by atoms with E-state index in [0.29, 0.717) is 5.44 Å². The van der Waals surface area contributed by atoms with E-state index >= 15 is 0 Å². The third-order valence-electron chi connectivity index (χ3n) is 5.45. The maximum absolute atomic E-state index is 14.9. The van der Waals surface area contributed by atoms with Crippen molar-refractivity contribution in [1.29, 1.82) is 0 Å². The summed E-state index contributed by atoms with van der Waals surface area (Å²) >= 11 is 0. The van der Waals surface area contributed by atoms with Crippen LogP contribution in [0.3, 0.4) is 0 Å². The zero-order chi connectivity index (χ0) is 19.8. The number of para-hydroxylation sites is 1. The van der Waals surface area contributed by atoms with E-state index in [1.807, 2.05) is 84.9 Å². The molecule has 0 saturated heterocycles. The summed E-state index contributed by atoms with van der Waals surface area (Å²) in [6.07, 6.45) is 0. The molecule has 0 unspecified atom stereocenters. The number of pyridine rings is 1. The highest BCUT2D eigenvalue weighted by Gasteiger charge is 2.33. The predicted octanol–water partition coefficient (Wildman–Crippen LogP) is 5.34. The van der Waals surface area contributed by atoms with Crippen molar-refractivity contribution in [3.05, 3.63) is 109 Å². The maximum atomic E-state index is 14.9. The molecular formula is C26H20NOP. The molecule has 2 nitrogen and oxygen atoms in total. The van der Waals surface area contributed by atoms with Crippen LogP contribution >= 0.6 is 7.14 Å². The molecule has 0 atom stereocenters. The third-order valence-corrected chi connectivity index (χ3v) is 8.44. The van der Waals surface area contributed by atoms with Crippen molar-refractivity contribution in [3.8, 4) is 0 Å². The molecule has 4 aromatic carbocycles. The quantitative estimate of drug-likeness (QED) is 0.306. The summed E-state index contributed by atoms with van der Waals surface area (Å²) in [7, 11) is -3.16. The highest BCUT2D eigenvalue weighted by Crippen LogP contribution is 2.44. The summed E-state index contributed by atoms with van der Waals surface area (Å²) < 4.78 is 14.9. The number of aromatic nitrogens is 1. The van der Waals surface area contributed by atoms with Crippen LogP contribution < -0.4 is 16.0 Å². The molecule has 3 heteroatoms. The van der Waals surface area contributed by atoms with Crippen LogP contribution in [0.5, 0.6) is 0 Å². The molecule has 1 heterocycles. The first-order valence-corrected chi connectivity index (χ1v) is 11.4. The molecular weight excluding hydrogens is 373 g/mol. The van der Waals surface area contributed by atoms with Crippen LogP contribution in [-0.2, 0) is 4.57 Å². The number of rotatable bonds is 3. The Labute approximate surface area is 170 Å². The van der Waals surface area contributed by atoms with Gasteiger partial charge in [-0.3, -0.25) is 0 Å². The van der Waals surface area contributed by atoms with Crippen molar-refractivity contribution in [2.75, 3.05) is 0 Å². The zero-order valence-electron chi connectivity index (χ0n) is 16.1. The van der Waals surface area contributed by atoms with Gasteiger partial charge in [0, 0.05) is 21.4 Å². The number of fused-ring (bicyclic) bond motifs is 3. The van der Waals surface area contributed by atoms with Gasteiger partial charge in [-0.05, 0) is 23.9 Å². The monoisotopic (exact) mass is 393 g/mol. The van der Waals surface area contributed by atoms with Crippen LogP contribution in [0.4, 0.5) is 0 Å². The van der Waals surface area contributed by atoms with Crippen molar-refractivity contribution in [2.45, 2.75) is 6.92 Å². The number of hydrogen-bond acceptors (Lipinski definition) is 2. The van der Waals surface area contributed by atoms with Crippen LogP contribution in [0.2, 0.25) is 0 Å². The lowest BCUT2D eigenvalue weighted by Gasteiger charge is -2.22. The lowest BCUT2D eigenvalue weighted by Crippen LogP contribution is -2.27. The summed E-state index contributed by atoms with van der Waals surface area (Å²) in [6, 6.07) is 33.8. The Balaban J connectivity index is 1.98. The first-order chi connectivity index (χ1) is 14.2. The van der Waals surface area contributed by atoms with E-state index < -0.39 is 7.14 Å². The van der Waals surface area contributed by atoms with Crippen LogP contribution in [0.25, 0.3) is 21.7 Å². The van der Waals surface area contributed by atoms with Gasteiger partial charge >= 0.3 is 0 Å². The van der Waals surface area contributed by atoms with Crippen molar-refractivity contribution < 1.29 is 4.57 Å². The van der Waals surface area contributed by atoms with Gasteiger partial charge in [0.15, 0.2) is 7.14 Å². The standard InChI is InChI=1S/C26H20NOP/c1-19-11-10-17-23-25(19)22-16-8-9-18-24(22)27-26(23)29(28,20-12-4-2-5-13-20)21-14-6-3-7-15-21/h2-18H,1H3. The molecule has 0 amide bonds. The van der Waals surface area contributed by atoms with Gasteiger partial charge in [-0.25, -0.2) is 4.98 Å². The van der Waals surface area contributed by atoms with E-state index in [1.54, 1.807) is 0 Å². The predicted molar refractivity (Wildman–Crippen MR) is 123 cm³/mol. The van der Waals surface area contributed by atoms with E-state index in [-0.39, 0.29) is 0 Å². The summed E-state index contributed by atoms with van der Waals surface area (Å²) in [6.45, 7) is 2.11. The van der Waals surface area contributed by atoms with Crippen molar-refractivity contribution in [3.63, 3.8) is 0 Å². The molecule has 0 radical (unpaired) electrons. The molecule has 0 aliphatic heterocycles. The second-order valence-electron chi connectivity index (χ2n) is 7.23. The van der Waals surface area contributed by atoms with Gasteiger partial charge in [-0.2, -0.15) is 0 Å². The van der Waals surface area contributed by atoms with Gasteiger partial charge in [-0.1, -0.05) is 97.1 Å². The number of benzene rings is 4. The van der Waals surface area contributed by atoms with Gasteiger partial charge in [0.2, 0.25) is 0 Å². The third kappa shape index (κ3) is 2.80. The zero-order valence-corrected chi connectivity index (χ0v) is 17.0. The Morgan fingerprint density at radius 3 is 1.83 bits per heavy atom. The summed E-state index contributed by atoms with van der Waals surface area (Å²) in [5.74, 6) is 0. The van der Waals surface area contributed by atoms with Crippen LogP contribution in [-0.4, -0.2) is 4.98 Å². The molecule has 0 bridgehead atoms. The Kier molecular flexibility index (Phi) is 4.30. The topological polar surface area (TPSA) is 30.0 Å². The fourth-order valence-electron chi connectivity index (χ4n) is 4.08. The van der Waals surface area contributed by atoms with Crippen molar-refractivity contribution >= 4 is 44.9 Å². The molecule has 5 aromatic rings. The van der Waals surface area contributed by atoms with Gasteiger partial charge < -0.3 is 4.57 Å². The molecule has 1 aromatic heterocycles. The van der Waals surface area contributed by atoms with Gasteiger partial charge in [0.25, 0.3) is 0 Å². The molecule has 0 aliphatic carbocycles. The molecule has 140 valence electrons. The highest BCUT2D eigenvalue weighted by molar-refractivity contribution is 7.85. The van der Waals surface area contributed by atoms with Crippen LogP contribution in [0.1, 0.15) is 5.56 Å². The maximum Gasteiger partial charge on any atom is 0.189 e. The van der Waals surface area contributed by atoms with Crippen LogP contribution in [0.15, 0.2) is 103 Å². The van der Waals surface area contributed by atoms with Gasteiger partial charge in [-0.15, -0.1) is 0 Å². The SMILES string of the molecule is Cc1cccc2c(P(=O)(c3ccccc3)c3ccccc3)nc3ccccc3c12. The molecule has 0 spiro atoms. The smallest absolute Gasteiger partial charge is 0.189 e. The molecule has 0 fully saturated rings. The summed E-state index contributed by atoms with van der Waals surface area (Å²) in [4.78, 5) is 5.01. The summed E-state index contributed by atoms with van der Waals surface area (Å²) in [5, 5.41) is 4.78. The number of nitrogens with zero attached hydrogens (tertiary/aromatic N) is 1. The molecule has 29 heavy (non-hydrogen) atoms. The van der Waals surface area contributed by atoms with Crippen LogP contribution in [0, 0.1) is 6.92 Å². The lowest BCUT2D eigenvalue weighted by molar-refractivity contribution is 0.592. The van der Waals surface area contributed by atoms with Gasteiger partial charge in [0.1, 0.15) is 5.44 Å². The second-order valence-corrected chi connectivity index (χ2v) is 9.91. The molecule has 0 aliphatic rings.